The minimum Gasteiger partial charge on any atom is -0.395 e. The molecule has 1 aromatic heterocycles. The zero-order chi connectivity index (χ0) is 14.9. The van der Waals surface area contributed by atoms with Crippen LogP contribution in [0.4, 0.5) is 0 Å². The highest BCUT2D eigenvalue weighted by molar-refractivity contribution is 7.89. The van der Waals surface area contributed by atoms with Gasteiger partial charge >= 0.3 is 0 Å². The first kappa shape index (κ1) is 15.2. The monoisotopic (exact) mass is 314 g/mol. The van der Waals surface area contributed by atoms with Crippen molar-refractivity contribution in [1.82, 2.24) is 9.71 Å². The second-order valence-electron chi connectivity index (χ2n) is 4.63. The molecule has 1 aromatic carbocycles. The maximum absolute atomic E-state index is 12.3. The molecule has 0 bridgehead atoms. The molecule has 0 aliphatic carbocycles. The summed E-state index contributed by atoms with van der Waals surface area (Å²) in [6.45, 7) is 3.10. The Kier molecular flexibility index (Phi) is 4.29. The van der Waals surface area contributed by atoms with Crippen LogP contribution >= 0.6 is 11.6 Å². The number of sulfonamides is 1. The van der Waals surface area contributed by atoms with Gasteiger partial charge in [-0.3, -0.25) is 0 Å². The highest BCUT2D eigenvalue weighted by Crippen LogP contribution is 2.25. The van der Waals surface area contributed by atoms with E-state index in [2.05, 4.69) is 9.71 Å². The average molecular weight is 315 g/mol. The van der Waals surface area contributed by atoms with E-state index in [4.69, 9.17) is 16.7 Å². The lowest BCUT2D eigenvalue weighted by Gasteiger charge is -2.13. The molecule has 0 aliphatic heterocycles. The molecule has 0 aliphatic rings. The molecule has 0 fully saturated rings. The van der Waals surface area contributed by atoms with E-state index in [1.54, 1.807) is 25.1 Å². The largest absolute Gasteiger partial charge is 0.395 e. The van der Waals surface area contributed by atoms with E-state index in [0.29, 0.717) is 10.9 Å². The Bertz CT molecular complexity index is 747. The van der Waals surface area contributed by atoms with Gasteiger partial charge in [0.1, 0.15) is 10.0 Å². The van der Waals surface area contributed by atoms with E-state index in [-0.39, 0.29) is 16.7 Å². The lowest BCUT2D eigenvalue weighted by molar-refractivity contribution is 0.265. The molecular formula is C13H15ClN2O3S. The van der Waals surface area contributed by atoms with Gasteiger partial charge in [-0.2, -0.15) is 0 Å². The number of halogens is 1. The van der Waals surface area contributed by atoms with Crippen LogP contribution in [0.2, 0.25) is 5.15 Å². The average Bonchev–Trinajstić information content (AvgIpc) is 2.38. The van der Waals surface area contributed by atoms with Crippen molar-refractivity contribution in [3.63, 3.8) is 0 Å². The number of aliphatic hydroxyl groups excluding tert-OH is 1. The quantitative estimate of drug-likeness (QED) is 0.844. The second-order valence-corrected chi connectivity index (χ2v) is 6.67. The maximum atomic E-state index is 12.3. The minimum atomic E-state index is -3.76. The van der Waals surface area contributed by atoms with Gasteiger partial charge in [0.05, 0.1) is 12.1 Å². The number of nitrogens with zero attached hydrogens (tertiary/aromatic N) is 1. The number of para-hydroxylation sites is 1. The van der Waals surface area contributed by atoms with E-state index in [1.807, 2.05) is 6.92 Å². The van der Waals surface area contributed by atoms with Crippen molar-refractivity contribution in [2.24, 2.45) is 0 Å². The molecule has 2 N–H and O–H groups in total. The van der Waals surface area contributed by atoms with Crippen LogP contribution in [0, 0.1) is 6.92 Å². The van der Waals surface area contributed by atoms with E-state index in [9.17, 15) is 8.42 Å². The molecule has 7 heteroatoms. The molecular weight excluding hydrogens is 300 g/mol. The lowest BCUT2D eigenvalue weighted by Crippen LogP contribution is -2.35. The number of benzene rings is 1. The zero-order valence-electron chi connectivity index (χ0n) is 11.1. The highest BCUT2D eigenvalue weighted by atomic mass is 35.5. The Morgan fingerprint density at radius 2 is 2.15 bits per heavy atom. The van der Waals surface area contributed by atoms with Gasteiger partial charge in [0.15, 0.2) is 0 Å². The third kappa shape index (κ3) is 2.93. The third-order valence-electron chi connectivity index (χ3n) is 2.86. The molecule has 0 saturated carbocycles. The number of aliphatic hydroxyl groups is 1. The summed E-state index contributed by atoms with van der Waals surface area (Å²) in [6.07, 6.45) is 0. The standard InChI is InChI=1S/C13H15ClN2O3S/c1-8-6-10-4-3-5-11(12(10)15-13(8)14)20(18,19)16-9(2)7-17/h3-6,9,16-17H,7H2,1-2H3/t9-/m1/s1. The fraction of sp³-hybridized carbons (Fsp3) is 0.308. The summed E-state index contributed by atoms with van der Waals surface area (Å²) in [4.78, 5) is 4.21. The molecule has 1 heterocycles. The predicted octanol–water partition coefficient (Wildman–Crippen LogP) is 1.86. The summed E-state index contributed by atoms with van der Waals surface area (Å²) >= 11 is 5.98. The zero-order valence-corrected chi connectivity index (χ0v) is 12.7. The minimum absolute atomic E-state index is 0.0530. The van der Waals surface area contributed by atoms with Gasteiger partial charge in [-0.05, 0) is 31.5 Å². The first-order chi connectivity index (χ1) is 9.35. The van der Waals surface area contributed by atoms with Crippen LogP contribution in [-0.2, 0) is 10.0 Å². The van der Waals surface area contributed by atoms with Gasteiger partial charge < -0.3 is 5.11 Å². The smallest absolute Gasteiger partial charge is 0.243 e. The summed E-state index contributed by atoms with van der Waals surface area (Å²) in [5.74, 6) is 0. The van der Waals surface area contributed by atoms with E-state index in [0.717, 1.165) is 5.56 Å². The summed E-state index contributed by atoms with van der Waals surface area (Å²) in [5, 5.41) is 9.95. The van der Waals surface area contributed by atoms with Gasteiger partial charge in [-0.25, -0.2) is 18.1 Å². The van der Waals surface area contributed by atoms with Gasteiger partial charge in [0.2, 0.25) is 10.0 Å². The second kappa shape index (κ2) is 5.65. The molecule has 2 rings (SSSR count). The topological polar surface area (TPSA) is 79.3 Å². The fourth-order valence-electron chi connectivity index (χ4n) is 1.84. The Hall–Kier alpha value is -1.21. The van der Waals surface area contributed by atoms with Crippen molar-refractivity contribution in [1.29, 1.82) is 0 Å². The van der Waals surface area contributed by atoms with Crippen molar-refractivity contribution >= 4 is 32.5 Å². The van der Waals surface area contributed by atoms with Crippen molar-refractivity contribution < 1.29 is 13.5 Å². The number of aryl methyl sites for hydroxylation is 1. The molecule has 5 nitrogen and oxygen atoms in total. The fourth-order valence-corrected chi connectivity index (χ4v) is 3.38. The van der Waals surface area contributed by atoms with Gasteiger partial charge in [-0.15, -0.1) is 0 Å². The summed E-state index contributed by atoms with van der Waals surface area (Å²) < 4.78 is 27.0. The normalized spacial score (nSPS) is 13.6. The number of pyridine rings is 1. The van der Waals surface area contributed by atoms with Gasteiger partial charge in [-0.1, -0.05) is 23.7 Å². The van der Waals surface area contributed by atoms with Crippen molar-refractivity contribution in [3.05, 3.63) is 35.0 Å². The molecule has 0 amide bonds. The van der Waals surface area contributed by atoms with Crippen LogP contribution in [0.25, 0.3) is 10.9 Å². The van der Waals surface area contributed by atoms with Crippen LogP contribution in [0.1, 0.15) is 12.5 Å². The van der Waals surface area contributed by atoms with Crippen LogP contribution < -0.4 is 4.72 Å². The van der Waals surface area contributed by atoms with Gasteiger partial charge in [0.25, 0.3) is 0 Å². The number of hydrogen-bond acceptors (Lipinski definition) is 4. The summed E-state index contributed by atoms with van der Waals surface area (Å²) in [7, 11) is -3.76. The predicted molar refractivity (Wildman–Crippen MR) is 78.4 cm³/mol. The lowest BCUT2D eigenvalue weighted by atomic mass is 10.2. The van der Waals surface area contributed by atoms with Crippen LogP contribution in [-0.4, -0.2) is 31.2 Å². The van der Waals surface area contributed by atoms with Crippen LogP contribution in [0.15, 0.2) is 29.2 Å². The van der Waals surface area contributed by atoms with Crippen molar-refractivity contribution in [2.45, 2.75) is 24.8 Å². The SMILES string of the molecule is Cc1cc2cccc(S(=O)(=O)N[C@H](C)CO)c2nc1Cl. The molecule has 2 aromatic rings. The maximum Gasteiger partial charge on any atom is 0.243 e. The number of fused-ring (bicyclic) bond motifs is 1. The van der Waals surface area contributed by atoms with E-state index >= 15 is 0 Å². The Labute approximate surface area is 122 Å². The molecule has 108 valence electrons. The number of hydrogen-bond donors (Lipinski definition) is 2. The molecule has 0 unspecified atom stereocenters. The van der Waals surface area contributed by atoms with Crippen LogP contribution in [0.3, 0.4) is 0 Å². The van der Waals surface area contributed by atoms with E-state index in [1.165, 1.54) is 6.07 Å². The summed E-state index contributed by atoms with van der Waals surface area (Å²) in [6, 6.07) is 6.11. The molecule has 1 atom stereocenters. The molecule has 20 heavy (non-hydrogen) atoms. The molecule has 0 saturated heterocycles. The third-order valence-corrected chi connectivity index (χ3v) is 4.86. The molecule has 0 spiro atoms. The van der Waals surface area contributed by atoms with Crippen molar-refractivity contribution in [2.75, 3.05) is 6.61 Å². The van der Waals surface area contributed by atoms with Gasteiger partial charge in [0, 0.05) is 11.4 Å². The highest BCUT2D eigenvalue weighted by Gasteiger charge is 2.20. The van der Waals surface area contributed by atoms with E-state index < -0.39 is 16.1 Å². The number of rotatable bonds is 4. The molecule has 0 radical (unpaired) electrons. The first-order valence-electron chi connectivity index (χ1n) is 6.04. The Morgan fingerprint density at radius 1 is 1.45 bits per heavy atom. The Morgan fingerprint density at radius 3 is 2.80 bits per heavy atom. The van der Waals surface area contributed by atoms with Crippen LogP contribution in [0.5, 0.6) is 0 Å². The summed E-state index contributed by atoms with van der Waals surface area (Å²) in [5.41, 5.74) is 1.10. The number of nitrogens with one attached hydrogen (secondary N) is 1. The first-order valence-corrected chi connectivity index (χ1v) is 7.90. The Balaban J connectivity index is 2.63. The number of aromatic nitrogens is 1. The van der Waals surface area contributed by atoms with Crippen molar-refractivity contribution in [3.8, 4) is 0 Å².